The summed E-state index contributed by atoms with van der Waals surface area (Å²) >= 11 is 0. The first-order valence-electron chi connectivity index (χ1n) is 15.1. The fourth-order valence-corrected chi connectivity index (χ4v) is 6.01. The Morgan fingerprint density at radius 3 is 2.38 bits per heavy atom. The van der Waals surface area contributed by atoms with Crippen molar-refractivity contribution in [1.29, 1.82) is 0 Å². The lowest BCUT2D eigenvalue weighted by molar-refractivity contribution is 0.0697. The molecule has 1 fully saturated rings. The van der Waals surface area contributed by atoms with Gasteiger partial charge in [-0.15, -0.1) is 0 Å². The van der Waals surface area contributed by atoms with Gasteiger partial charge in [-0.2, -0.15) is 0 Å². The van der Waals surface area contributed by atoms with Gasteiger partial charge >= 0.3 is 12.1 Å². The van der Waals surface area contributed by atoms with E-state index in [4.69, 9.17) is 4.74 Å². The summed E-state index contributed by atoms with van der Waals surface area (Å²) < 4.78 is 7.70. The summed E-state index contributed by atoms with van der Waals surface area (Å²) in [5.74, 6) is -1.11. The van der Waals surface area contributed by atoms with Crippen molar-refractivity contribution in [3.05, 3.63) is 131 Å². The highest BCUT2D eigenvalue weighted by Crippen LogP contribution is 2.29. The van der Waals surface area contributed by atoms with Crippen LogP contribution in [0.15, 0.2) is 97.1 Å². The minimum atomic E-state index is -0.947. The number of carbonyl (C=O) groups excluding carboxylic acids is 2. The molecule has 1 aromatic heterocycles. The van der Waals surface area contributed by atoms with Gasteiger partial charge in [0.25, 0.3) is 5.91 Å². The van der Waals surface area contributed by atoms with Crippen molar-refractivity contribution in [3.63, 3.8) is 0 Å². The molecule has 0 spiro atoms. The highest BCUT2D eigenvalue weighted by Gasteiger charge is 2.29. The molecule has 4 aromatic carbocycles. The first kappa shape index (κ1) is 29.7. The molecule has 0 bridgehead atoms. The number of carbonyl (C=O) groups is 3. The number of hydrogen-bond donors (Lipinski definition) is 2. The van der Waals surface area contributed by atoms with Crippen molar-refractivity contribution in [2.24, 2.45) is 0 Å². The lowest BCUT2D eigenvalue weighted by Gasteiger charge is -2.17. The first-order valence-corrected chi connectivity index (χ1v) is 15.1. The topological polar surface area (TPSA) is 101 Å². The third-order valence-electron chi connectivity index (χ3n) is 8.65. The van der Waals surface area contributed by atoms with Crippen LogP contribution in [-0.2, 0) is 17.9 Å². The number of likely N-dealkylation sites (tertiary alicyclic amines) is 1. The number of aromatic nitrogens is 1. The van der Waals surface area contributed by atoms with Crippen molar-refractivity contribution in [3.8, 4) is 11.1 Å². The minimum absolute atomic E-state index is 0.143. The predicted molar refractivity (Wildman–Crippen MR) is 173 cm³/mol. The summed E-state index contributed by atoms with van der Waals surface area (Å²) in [6.45, 7) is 5.95. The smallest absolute Gasteiger partial charge is 0.410 e. The van der Waals surface area contributed by atoms with E-state index in [0.29, 0.717) is 37.2 Å². The van der Waals surface area contributed by atoms with Crippen molar-refractivity contribution in [2.45, 2.75) is 39.5 Å². The Balaban J connectivity index is 1.11. The number of fused-ring (bicyclic) bond motifs is 1. The van der Waals surface area contributed by atoms with Crippen molar-refractivity contribution in [2.75, 3.05) is 13.1 Å². The number of nitrogens with one attached hydrogen (secondary N) is 1. The van der Waals surface area contributed by atoms with E-state index < -0.39 is 5.97 Å². The molecule has 0 saturated carbocycles. The lowest BCUT2D eigenvalue weighted by Crippen LogP contribution is -2.38. The van der Waals surface area contributed by atoms with Crippen LogP contribution in [0, 0.1) is 13.8 Å². The van der Waals surface area contributed by atoms with E-state index in [-0.39, 0.29) is 30.2 Å². The number of ether oxygens (including phenoxy) is 1. The number of benzene rings is 4. The molecule has 5 aromatic rings. The van der Waals surface area contributed by atoms with Gasteiger partial charge < -0.3 is 24.6 Å². The predicted octanol–water partition coefficient (Wildman–Crippen LogP) is 6.81. The highest BCUT2D eigenvalue weighted by molar-refractivity contribution is 5.99. The average Bonchev–Trinajstić information content (AvgIpc) is 3.63. The average molecular weight is 602 g/mol. The van der Waals surface area contributed by atoms with Gasteiger partial charge in [-0.05, 0) is 72.4 Å². The second kappa shape index (κ2) is 12.7. The molecule has 1 aliphatic rings. The number of nitrogens with zero attached hydrogens (tertiary/aromatic N) is 2. The summed E-state index contributed by atoms with van der Waals surface area (Å²) in [5.41, 5.74) is 7.68. The molecule has 228 valence electrons. The van der Waals surface area contributed by atoms with Crippen LogP contribution in [0.5, 0.6) is 0 Å². The minimum Gasteiger partial charge on any atom is -0.478 e. The molecule has 0 aliphatic carbocycles. The molecule has 2 heterocycles. The third kappa shape index (κ3) is 6.31. The van der Waals surface area contributed by atoms with Crippen molar-refractivity contribution >= 4 is 28.9 Å². The number of aryl methyl sites for hydroxylation is 1. The van der Waals surface area contributed by atoms with E-state index >= 15 is 0 Å². The third-order valence-corrected chi connectivity index (χ3v) is 8.65. The Labute approximate surface area is 261 Å². The van der Waals surface area contributed by atoms with Crippen LogP contribution in [0.25, 0.3) is 22.0 Å². The van der Waals surface area contributed by atoms with E-state index in [2.05, 4.69) is 23.7 Å². The molecule has 8 nitrogen and oxygen atoms in total. The van der Waals surface area contributed by atoms with Crippen LogP contribution >= 0.6 is 0 Å². The first-order chi connectivity index (χ1) is 21.8. The Hall–Kier alpha value is -5.37. The quantitative estimate of drug-likeness (QED) is 0.203. The van der Waals surface area contributed by atoms with Gasteiger partial charge in [-0.1, -0.05) is 72.8 Å². The standard InChI is InChI=1S/C37H35N3O5/c1-24-25(2)40(21-26-12-14-28(15-13-26)31-10-6-7-11-32(31)36(42)43)34-17-16-29(20-33(24)34)35(41)38-30-18-19-39(22-30)37(44)45-23-27-8-4-3-5-9-27/h3-17,20,30H,18-19,21-23H2,1-2H3,(H,38,41)(H,42,43). The Kier molecular flexibility index (Phi) is 8.38. The number of rotatable bonds is 8. The second-order valence-electron chi connectivity index (χ2n) is 11.5. The number of aromatic carboxylic acids is 1. The zero-order valence-corrected chi connectivity index (χ0v) is 25.3. The Bertz CT molecular complexity index is 1880. The highest BCUT2D eigenvalue weighted by atomic mass is 16.6. The lowest BCUT2D eigenvalue weighted by atomic mass is 9.99. The van der Waals surface area contributed by atoms with Crippen LogP contribution < -0.4 is 5.32 Å². The summed E-state index contributed by atoms with van der Waals surface area (Å²) in [4.78, 5) is 39.1. The molecule has 1 aliphatic heterocycles. The fourth-order valence-electron chi connectivity index (χ4n) is 6.01. The van der Waals surface area contributed by atoms with Gasteiger partial charge in [0.05, 0.1) is 5.56 Å². The Morgan fingerprint density at radius 2 is 1.62 bits per heavy atom. The van der Waals surface area contributed by atoms with E-state index in [0.717, 1.165) is 38.9 Å². The summed E-state index contributed by atoms with van der Waals surface area (Å²) in [5, 5.41) is 13.7. The van der Waals surface area contributed by atoms with Crippen molar-refractivity contribution in [1.82, 2.24) is 14.8 Å². The number of carboxylic acid groups (broad SMARTS) is 1. The number of hydrogen-bond acceptors (Lipinski definition) is 4. The number of carboxylic acids is 1. The van der Waals surface area contributed by atoms with Gasteiger partial charge in [-0.3, -0.25) is 4.79 Å². The maximum atomic E-state index is 13.3. The van der Waals surface area contributed by atoms with Crippen molar-refractivity contribution < 1.29 is 24.2 Å². The molecule has 1 saturated heterocycles. The summed E-state index contributed by atoms with van der Waals surface area (Å²) in [6.07, 6.45) is 0.299. The van der Waals surface area contributed by atoms with Gasteiger partial charge in [0, 0.05) is 47.8 Å². The maximum absolute atomic E-state index is 13.3. The molecule has 2 N–H and O–H groups in total. The van der Waals surface area contributed by atoms with E-state index in [1.54, 1.807) is 17.0 Å². The van der Waals surface area contributed by atoms with Crippen LogP contribution in [-0.4, -0.2) is 51.7 Å². The largest absolute Gasteiger partial charge is 0.478 e. The van der Waals surface area contributed by atoms with Gasteiger partial charge in [0.2, 0.25) is 0 Å². The zero-order valence-electron chi connectivity index (χ0n) is 25.3. The number of amides is 2. The molecular weight excluding hydrogens is 566 g/mol. The summed E-state index contributed by atoms with van der Waals surface area (Å²) in [6, 6.07) is 30.2. The second-order valence-corrected chi connectivity index (χ2v) is 11.5. The van der Waals surface area contributed by atoms with E-state index in [9.17, 15) is 19.5 Å². The zero-order chi connectivity index (χ0) is 31.5. The van der Waals surface area contributed by atoms with Gasteiger partial charge in [0.15, 0.2) is 0 Å². The molecule has 6 rings (SSSR count). The molecule has 8 heteroatoms. The maximum Gasteiger partial charge on any atom is 0.410 e. The van der Waals surface area contributed by atoms with E-state index in [1.165, 1.54) is 0 Å². The normalized spacial score (nSPS) is 14.4. The molecule has 1 atom stereocenters. The summed E-state index contributed by atoms with van der Waals surface area (Å²) in [7, 11) is 0. The molecule has 1 unspecified atom stereocenters. The van der Waals surface area contributed by atoms with Crippen LogP contribution in [0.2, 0.25) is 0 Å². The SMILES string of the molecule is Cc1c(C)n(Cc2ccc(-c3ccccc3C(=O)O)cc2)c2ccc(C(=O)NC3CCN(C(=O)OCc4ccccc4)C3)cc12. The van der Waals surface area contributed by atoms with E-state index in [1.807, 2.05) is 84.9 Å². The molecule has 0 radical (unpaired) electrons. The molecule has 2 amide bonds. The van der Waals surface area contributed by atoms with Gasteiger partial charge in [-0.25, -0.2) is 9.59 Å². The monoisotopic (exact) mass is 601 g/mol. The van der Waals surface area contributed by atoms with Crippen LogP contribution in [0.3, 0.4) is 0 Å². The molecular formula is C37H35N3O5. The van der Waals surface area contributed by atoms with Crippen LogP contribution in [0.1, 0.15) is 49.5 Å². The van der Waals surface area contributed by atoms with Crippen LogP contribution in [0.4, 0.5) is 4.79 Å². The molecule has 45 heavy (non-hydrogen) atoms. The van der Waals surface area contributed by atoms with Gasteiger partial charge in [0.1, 0.15) is 6.61 Å². The fraction of sp³-hybridized carbons (Fsp3) is 0.216. The Morgan fingerprint density at radius 1 is 0.889 bits per heavy atom.